The van der Waals surface area contributed by atoms with Gasteiger partial charge in [0.25, 0.3) is 5.91 Å². The highest BCUT2D eigenvalue weighted by molar-refractivity contribution is 14.1. The normalized spacial score (nSPS) is 16.5. The topological polar surface area (TPSA) is 49.8 Å². The van der Waals surface area contributed by atoms with Crippen LogP contribution in [-0.4, -0.2) is 33.4 Å². The molecule has 1 aliphatic rings. The van der Waals surface area contributed by atoms with Gasteiger partial charge in [0.1, 0.15) is 4.32 Å². The van der Waals surface area contributed by atoms with Crippen LogP contribution in [0.2, 0.25) is 0 Å². The molecule has 0 unspecified atom stereocenters. The van der Waals surface area contributed by atoms with Crippen LogP contribution in [0.4, 0.5) is 0 Å². The lowest BCUT2D eigenvalue weighted by atomic mass is 10.2. The lowest BCUT2D eigenvalue weighted by Gasteiger charge is -2.13. The molecule has 0 spiro atoms. The van der Waals surface area contributed by atoms with Crippen LogP contribution in [0.15, 0.2) is 17.0 Å². The van der Waals surface area contributed by atoms with Gasteiger partial charge in [0, 0.05) is 6.54 Å². The van der Waals surface area contributed by atoms with E-state index in [9.17, 15) is 9.90 Å². The summed E-state index contributed by atoms with van der Waals surface area (Å²) in [5.41, 5.74) is 0.812. The number of halogens is 1. The maximum absolute atomic E-state index is 12.5. The third-order valence-electron chi connectivity index (χ3n) is 3.26. The van der Waals surface area contributed by atoms with E-state index in [0.29, 0.717) is 31.7 Å². The van der Waals surface area contributed by atoms with Crippen molar-refractivity contribution < 1.29 is 14.6 Å². The zero-order valence-corrected chi connectivity index (χ0v) is 16.8. The van der Waals surface area contributed by atoms with E-state index in [0.717, 1.165) is 18.4 Å². The predicted octanol–water partition coefficient (Wildman–Crippen LogP) is 4.40. The van der Waals surface area contributed by atoms with Crippen molar-refractivity contribution in [2.75, 3.05) is 13.2 Å². The monoisotopic (exact) mass is 463 g/mol. The molecule has 0 aliphatic carbocycles. The summed E-state index contributed by atoms with van der Waals surface area (Å²) < 4.78 is 6.72. The Bertz CT molecular complexity index is 661. The number of thioether (sulfide) groups is 1. The summed E-state index contributed by atoms with van der Waals surface area (Å²) in [5.74, 6) is 0.502. The standard InChI is InChI=1S/C16H18INO3S2/c1-3-5-6-18-15(20)13(23-16(18)22)9-10-7-11(17)14(19)12(8-10)21-4-2/h7-9,19H,3-6H2,1-2H3/b13-9+. The second-order valence-electron chi connectivity index (χ2n) is 4.97. The van der Waals surface area contributed by atoms with E-state index >= 15 is 0 Å². The molecule has 1 fully saturated rings. The van der Waals surface area contributed by atoms with E-state index in [1.807, 2.05) is 35.6 Å². The van der Waals surface area contributed by atoms with Crippen LogP contribution >= 0.6 is 46.6 Å². The van der Waals surface area contributed by atoms with Crippen molar-refractivity contribution in [1.82, 2.24) is 4.90 Å². The molecular formula is C16H18INO3S2. The molecule has 124 valence electrons. The second kappa shape index (κ2) is 8.34. The summed E-state index contributed by atoms with van der Waals surface area (Å²) in [7, 11) is 0. The van der Waals surface area contributed by atoms with Crippen molar-refractivity contribution in [1.29, 1.82) is 0 Å². The molecular weight excluding hydrogens is 445 g/mol. The van der Waals surface area contributed by atoms with Crippen molar-refractivity contribution in [3.05, 3.63) is 26.2 Å². The number of rotatable bonds is 6. The van der Waals surface area contributed by atoms with Crippen LogP contribution in [0.1, 0.15) is 32.3 Å². The predicted molar refractivity (Wildman–Crippen MR) is 107 cm³/mol. The van der Waals surface area contributed by atoms with Crippen LogP contribution < -0.4 is 4.74 Å². The molecule has 2 rings (SSSR count). The maximum Gasteiger partial charge on any atom is 0.266 e. The number of aromatic hydroxyl groups is 1. The molecule has 1 aliphatic heterocycles. The van der Waals surface area contributed by atoms with Crippen molar-refractivity contribution in [3.8, 4) is 11.5 Å². The van der Waals surface area contributed by atoms with E-state index in [4.69, 9.17) is 17.0 Å². The highest BCUT2D eigenvalue weighted by Gasteiger charge is 2.31. The SMILES string of the molecule is CCCCN1C(=O)/C(=C\c2cc(I)c(O)c(OCC)c2)SC1=S. The fourth-order valence-corrected chi connectivity index (χ4v) is 4.04. The number of ether oxygens (including phenoxy) is 1. The molecule has 0 saturated carbocycles. The van der Waals surface area contributed by atoms with E-state index in [-0.39, 0.29) is 11.7 Å². The molecule has 1 amide bonds. The average molecular weight is 463 g/mol. The zero-order valence-electron chi connectivity index (χ0n) is 13.0. The number of benzene rings is 1. The molecule has 23 heavy (non-hydrogen) atoms. The van der Waals surface area contributed by atoms with Gasteiger partial charge in [0.2, 0.25) is 0 Å². The van der Waals surface area contributed by atoms with Gasteiger partial charge in [-0.3, -0.25) is 9.69 Å². The third kappa shape index (κ3) is 4.39. The van der Waals surface area contributed by atoms with Crippen LogP contribution in [0, 0.1) is 3.57 Å². The molecule has 1 heterocycles. The molecule has 0 bridgehead atoms. The number of phenolic OH excluding ortho intramolecular Hbond substituents is 1. The number of amides is 1. The highest BCUT2D eigenvalue weighted by Crippen LogP contribution is 2.36. The number of hydrogen-bond donors (Lipinski definition) is 1. The number of phenols is 1. The Kier molecular flexibility index (Phi) is 6.72. The van der Waals surface area contributed by atoms with E-state index in [1.165, 1.54) is 11.8 Å². The Hall–Kier alpha value is -0.800. The fraction of sp³-hybridized carbons (Fsp3) is 0.375. The quantitative estimate of drug-likeness (QED) is 0.385. The Balaban J connectivity index is 2.28. The van der Waals surface area contributed by atoms with Crippen LogP contribution in [0.3, 0.4) is 0 Å². The Morgan fingerprint density at radius 1 is 1.43 bits per heavy atom. The molecule has 0 aromatic heterocycles. The summed E-state index contributed by atoms with van der Waals surface area (Å²) >= 11 is 8.67. The number of nitrogens with zero attached hydrogens (tertiary/aromatic N) is 1. The van der Waals surface area contributed by atoms with Gasteiger partial charge in [-0.15, -0.1) is 0 Å². The number of unbranched alkanes of at least 4 members (excludes halogenated alkanes) is 1. The lowest BCUT2D eigenvalue weighted by Crippen LogP contribution is -2.28. The van der Waals surface area contributed by atoms with Crippen molar-refractivity contribution in [2.45, 2.75) is 26.7 Å². The minimum Gasteiger partial charge on any atom is -0.504 e. The summed E-state index contributed by atoms with van der Waals surface area (Å²) in [6.07, 6.45) is 3.75. The molecule has 1 aromatic carbocycles. The van der Waals surface area contributed by atoms with Crippen LogP contribution in [0.5, 0.6) is 11.5 Å². The summed E-state index contributed by atoms with van der Waals surface area (Å²) in [5, 5.41) is 9.99. The van der Waals surface area contributed by atoms with Gasteiger partial charge in [0.05, 0.1) is 15.1 Å². The van der Waals surface area contributed by atoms with E-state index in [2.05, 4.69) is 6.92 Å². The molecule has 0 atom stereocenters. The summed E-state index contributed by atoms with van der Waals surface area (Å²) in [6.45, 7) is 5.07. The number of hydrogen-bond acceptors (Lipinski definition) is 5. The molecule has 7 heteroatoms. The first kappa shape index (κ1) is 18.5. The third-order valence-corrected chi connectivity index (χ3v) is 5.46. The van der Waals surface area contributed by atoms with Gasteiger partial charge in [-0.25, -0.2) is 0 Å². The fourth-order valence-electron chi connectivity index (χ4n) is 2.10. The Labute approximate surface area is 159 Å². The highest BCUT2D eigenvalue weighted by atomic mass is 127. The first-order valence-corrected chi connectivity index (χ1v) is 9.69. The molecule has 0 radical (unpaired) electrons. The van der Waals surface area contributed by atoms with E-state index < -0.39 is 0 Å². The molecule has 1 N–H and O–H groups in total. The number of thiocarbonyl (C=S) groups is 1. The second-order valence-corrected chi connectivity index (χ2v) is 7.81. The smallest absolute Gasteiger partial charge is 0.266 e. The first-order chi connectivity index (χ1) is 11.0. The Morgan fingerprint density at radius 2 is 2.17 bits per heavy atom. The van der Waals surface area contributed by atoms with Crippen molar-refractivity contribution in [2.24, 2.45) is 0 Å². The van der Waals surface area contributed by atoms with Gasteiger partial charge in [-0.1, -0.05) is 37.3 Å². The maximum atomic E-state index is 12.5. The van der Waals surface area contributed by atoms with E-state index in [1.54, 1.807) is 17.0 Å². The van der Waals surface area contributed by atoms with Gasteiger partial charge < -0.3 is 9.84 Å². The average Bonchev–Trinajstić information content (AvgIpc) is 2.77. The minimum absolute atomic E-state index is 0.0468. The van der Waals surface area contributed by atoms with Crippen molar-refractivity contribution >= 4 is 62.9 Å². The van der Waals surface area contributed by atoms with Gasteiger partial charge in [-0.05, 0) is 59.7 Å². The van der Waals surface area contributed by atoms with Crippen LogP contribution in [-0.2, 0) is 4.79 Å². The number of carbonyl (C=O) groups is 1. The Morgan fingerprint density at radius 3 is 2.83 bits per heavy atom. The molecule has 4 nitrogen and oxygen atoms in total. The summed E-state index contributed by atoms with van der Waals surface area (Å²) in [6, 6.07) is 3.55. The minimum atomic E-state index is -0.0468. The van der Waals surface area contributed by atoms with Gasteiger partial charge in [0.15, 0.2) is 11.5 Å². The largest absolute Gasteiger partial charge is 0.504 e. The van der Waals surface area contributed by atoms with Crippen molar-refractivity contribution in [3.63, 3.8) is 0 Å². The first-order valence-electron chi connectivity index (χ1n) is 7.38. The molecule has 1 saturated heterocycles. The number of carbonyl (C=O) groups excluding carboxylic acids is 1. The zero-order chi connectivity index (χ0) is 17.0. The van der Waals surface area contributed by atoms with Gasteiger partial charge in [-0.2, -0.15) is 0 Å². The van der Waals surface area contributed by atoms with Crippen LogP contribution in [0.25, 0.3) is 6.08 Å². The summed E-state index contributed by atoms with van der Waals surface area (Å²) in [4.78, 5) is 14.7. The molecule has 1 aromatic rings. The van der Waals surface area contributed by atoms with Gasteiger partial charge >= 0.3 is 0 Å². The lowest BCUT2D eigenvalue weighted by molar-refractivity contribution is -0.122.